The van der Waals surface area contributed by atoms with Crippen LogP contribution in [-0.4, -0.2) is 51.1 Å². The second-order valence-corrected chi connectivity index (χ2v) is 12.8. The Balaban J connectivity index is 0.927. The van der Waals surface area contributed by atoms with Crippen molar-refractivity contribution in [3.8, 4) is 5.19 Å². The van der Waals surface area contributed by atoms with E-state index in [-0.39, 0.29) is 5.78 Å². The lowest BCUT2D eigenvalue weighted by atomic mass is 9.47. The molecule has 1 spiro atoms. The zero-order chi connectivity index (χ0) is 25.8. The van der Waals surface area contributed by atoms with Crippen molar-refractivity contribution in [2.24, 2.45) is 24.3 Å². The number of thiazole rings is 1. The van der Waals surface area contributed by atoms with E-state index in [0.717, 1.165) is 61.1 Å². The highest BCUT2D eigenvalue weighted by Gasteiger charge is 2.52. The molecule has 3 heterocycles. The van der Waals surface area contributed by atoms with Gasteiger partial charge in [0.15, 0.2) is 12.4 Å². The number of alkyl halides is 2. The van der Waals surface area contributed by atoms with E-state index in [1.807, 2.05) is 31.4 Å². The van der Waals surface area contributed by atoms with Crippen LogP contribution in [-0.2, 0) is 20.0 Å². The largest absolute Gasteiger partial charge is 0.464 e. The van der Waals surface area contributed by atoms with Crippen LogP contribution in [0, 0.1) is 17.3 Å². The molecule has 3 aromatic rings. The summed E-state index contributed by atoms with van der Waals surface area (Å²) in [4.78, 5) is 21.1. The van der Waals surface area contributed by atoms with Crippen LogP contribution in [0.2, 0.25) is 0 Å². The molecule has 2 saturated carbocycles. The molecule has 9 heteroatoms. The summed E-state index contributed by atoms with van der Waals surface area (Å²) >= 11 is 1.41. The Morgan fingerprint density at radius 1 is 1.24 bits per heavy atom. The number of aromatic nitrogens is 3. The van der Waals surface area contributed by atoms with Crippen LogP contribution in [0.4, 0.5) is 8.78 Å². The molecule has 6 rings (SSSR count). The minimum Gasteiger partial charge on any atom is -0.464 e. The van der Waals surface area contributed by atoms with Crippen LogP contribution in [0.3, 0.4) is 0 Å². The van der Waals surface area contributed by atoms with Gasteiger partial charge in [-0.3, -0.25) is 14.4 Å². The highest BCUT2D eigenvalue weighted by molar-refractivity contribution is 7.13. The first-order valence-corrected chi connectivity index (χ1v) is 14.1. The van der Waals surface area contributed by atoms with Crippen LogP contribution < -0.4 is 4.74 Å². The third kappa shape index (κ3) is 5.30. The molecule has 198 valence electrons. The quantitative estimate of drug-likeness (QED) is 0.324. The normalized spacial score (nSPS) is 25.6. The number of Topliss-reactive ketones (excluding diaryl/α,β-unsaturated/α-hetero) is 1. The number of nitrogens with zero attached hydrogens (tertiary/aromatic N) is 4. The SMILES string of the molecule is Cn1cc2c(C(=O)CC3CC4(CC(CCN5CCc6sc(OCC(C)(F)F)nc6C5)C4)C3)cccc2n1. The van der Waals surface area contributed by atoms with Gasteiger partial charge in [-0.15, -0.1) is 0 Å². The molecular weight excluding hydrogens is 494 g/mol. The molecule has 0 saturated heterocycles. The first-order valence-electron chi connectivity index (χ1n) is 13.3. The van der Waals surface area contributed by atoms with Crippen LogP contribution >= 0.6 is 11.3 Å². The van der Waals surface area contributed by atoms with Gasteiger partial charge in [-0.2, -0.15) is 5.10 Å². The second-order valence-electron chi connectivity index (χ2n) is 11.7. The number of hydrogen-bond donors (Lipinski definition) is 0. The average Bonchev–Trinajstić information content (AvgIpc) is 3.38. The zero-order valence-corrected chi connectivity index (χ0v) is 22.3. The topological polar surface area (TPSA) is 60.2 Å². The molecule has 1 aromatic carbocycles. The molecule has 0 bridgehead atoms. The molecule has 37 heavy (non-hydrogen) atoms. The summed E-state index contributed by atoms with van der Waals surface area (Å²) in [5.41, 5.74) is 3.16. The van der Waals surface area contributed by atoms with Crippen molar-refractivity contribution in [3.05, 3.63) is 40.5 Å². The van der Waals surface area contributed by atoms with E-state index < -0.39 is 12.5 Å². The maximum absolute atomic E-state index is 13.1. The van der Waals surface area contributed by atoms with Crippen LogP contribution in [0.5, 0.6) is 5.19 Å². The van der Waals surface area contributed by atoms with Crippen LogP contribution in [0.15, 0.2) is 24.4 Å². The van der Waals surface area contributed by atoms with E-state index >= 15 is 0 Å². The van der Waals surface area contributed by atoms with Gasteiger partial charge < -0.3 is 4.74 Å². The van der Waals surface area contributed by atoms with E-state index in [4.69, 9.17) is 4.74 Å². The van der Waals surface area contributed by atoms with Crippen molar-refractivity contribution < 1.29 is 18.3 Å². The molecule has 0 atom stereocenters. The van der Waals surface area contributed by atoms with Gasteiger partial charge in [0.1, 0.15) is 0 Å². The Labute approximate surface area is 220 Å². The maximum atomic E-state index is 13.1. The summed E-state index contributed by atoms with van der Waals surface area (Å²) in [6, 6.07) is 5.83. The molecule has 6 nitrogen and oxygen atoms in total. The number of carbonyl (C=O) groups excluding carboxylic acids is 1. The summed E-state index contributed by atoms with van der Waals surface area (Å²) in [7, 11) is 1.89. The van der Waals surface area contributed by atoms with E-state index in [0.29, 0.717) is 22.9 Å². The van der Waals surface area contributed by atoms with Gasteiger partial charge in [-0.05, 0) is 68.4 Å². The number of fused-ring (bicyclic) bond motifs is 2. The first kappa shape index (κ1) is 24.9. The Hall–Kier alpha value is -2.39. The third-order valence-corrected chi connectivity index (χ3v) is 9.49. The lowest BCUT2D eigenvalue weighted by Crippen LogP contribution is -2.48. The van der Waals surface area contributed by atoms with Gasteiger partial charge in [0.2, 0.25) is 0 Å². The highest BCUT2D eigenvalue weighted by atomic mass is 32.1. The third-order valence-electron chi connectivity index (χ3n) is 8.42. The van der Waals surface area contributed by atoms with E-state index in [9.17, 15) is 13.6 Å². The average molecular weight is 529 g/mol. The Kier molecular flexibility index (Phi) is 6.34. The molecule has 2 aliphatic carbocycles. The number of ether oxygens (including phenoxy) is 1. The summed E-state index contributed by atoms with van der Waals surface area (Å²) in [5, 5.41) is 5.75. The van der Waals surface area contributed by atoms with Crippen molar-refractivity contribution in [1.82, 2.24) is 19.7 Å². The predicted molar refractivity (Wildman–Crippen MR) is 139 cm³/mol. The highest BCUT2D eigenvalue weighted by Crippen LogP contribution is 2.62. The number of hydrogen-bond acceptors (Lipinski definition) is 6. The lowest BCUT2D eigenvalue weighted by molar-refractivity contribution is -0.0719. The van der Waals surface area contributed by atoms with Gasteiger partial charge in [0, 0.05) is 55.5 Å². The van der Waals surface area contributed by atoms with Crippen LogP contribution in [0.25, 0.3) is 10.9 Å². The monoisotopic (exact) mass is 528 g/mol. The number of carbonyl (C=O) groups is 1. The molecule has 2 aromatic heterocycles. The fraction of sp³-hybridized carbons (Fsp3) is 0.607. The van der Waals surface area contributed by atoms with Crippen molar-refractivity contribution in [2.75, 3.05) is 19.7 Å². The van der Waals surface area contributed by atoms with Gasteiger partial charge in [0.05, 0.1) is 11.2 Å². The van der Waals surface area contributed by atoms with Gasteiger partial charge in [0.25, 0.3) is 11.1 Å². The Morgan fingerprint density at radius 3 is 2.81 bits per heavy atom. The van der Waals surface area contributed by atoms with Crippen molar-refractivity contribution in [3.63, 3.8) is 0 Å². The fourth-order valence-electron chi connectivity index (χ4n) is 6.82. The molecule has 0 N–H and O–H groups in total. The molecule has 0 unspecified atom stereocenters. The van der Waals surface area contributed by atoms with Crippen molar-refractivity contribution in [2.45, 2.75) is 64.3 Å². The number of ketones is 1. The van der Waals surface area contributed by atoms with Gasteiger partial charge in [-0.1, -0.05) is 23.5 Å². The minimum atomic E-state index is -2.84. The standard InChI is InChI=1S/C28H34F2N4O2S/c1-27(29,30)17-36-26-31-23-16-34(9-7-25(23)37-26)8-6-18-11-28(12-18)13-19(14-28)10-24(35)20-4-3-5-22-21(20)15-33(2)32-22/h3-5,15,18-19H,6-14,16-17H2,1-2H3. The number of halogens is 2. The predicted octanol–water partition coefficient (Wildman–Crippen LogP) is 5.89. The van der Waals surface area contributed by atoms with Crippen molar-refractivity contribution >= 4 is 28.0 Å². The molecule has 3 aliphatic rings. The maximum Gasteiger partial charge on any atom is 0.278 e. The summed E-state index contributed by atoms with van der Waals surface area (Å²) in [5.74, 6) is -1.32. The smallest absolute Gasteiger partial charge is 0.278 e. The van der Waals surface area contributed by atoms with Gasteiger partial charge in [-0.25, -0.2) is 13.8 Å². The molecule has 2 fully saturated rings. The molecule has 1 aliphatic heterocycles. The van der Waals surface area contributed by atoms with Crippen LogP contribution in [0.1, 0.15) is 66.4 Å². The minimum absolute atomic E-state index is 0.248. The summed E-state index contributed by atoms with van der Waals surface area (Å²) in [6.45, 7) is 3.06. The summed E-state index contributed by atoms with van der Waals surface area (Å²) in [6.07, 6.45) is 9.64. The first-order chi connectivity index (χ1) is 17.6. The van der Waals surface area contributed by atoms with Crippen molar-refractivity contribution in [1.29, 1.82) is 0 Å². The summed E-state index contributed by atoms with van der Waals surface area (Å²) < 4.78 is 33.1. The zero-order valence-electron chi connectivity index (χ0n) is 21.5. The molecule has 0 amide bonds. The van der Waals surface area contributed by atoms with Gasteiger partial charge >= 0.3 is 0 Å². The lowest BCUT2D eigenvalue weighted by Gasteiger charge is -2.58. The van der Waals surface area contributed by atoms with E-state index in [2.05, 4.69) is 15.0 Å². The number of benzene rings is 1. The second kappa shape index (κ2) is 9.42. The number of aryl methyl sites for hydroxylation is 1. The Morgan fingerprint density at radius 2 is 2.03 bits per heavy atom. The number of rotatable bonds is 9. The van der Waals surface area contributed by atoms with E-state index in [1.165, 1.54) is 48.3 Å². The Bertz CT molecular complexity index is 1300. The fourth-order valence-corrected chi connectivity index (χ4v) is 7.73. The molecule has 0 radical (unpaired) electrons. The van der Waals surface area contributed by atoms with E-state index in [1.54, 1.807) is 4.68 Å². The molecular formula is C28H34F2N4O2S.